The molecule has 1 amide bonds. The van der Waals surface area contributed by atoms with Crippen LogP contribution >= 0.6 is 0 Å². The molecule has 1 aliphatic heterocycles. The molecular weight excluding hydrogens is 278 g/mol. The quantitative estimate of drug-likeness (QED) is 0.836. The zero-order chi connectivity index (χ0) is 15.7. The van der Waals surface area contributed by atoms with Gasteiger partial charge in [-0.25, -0.2) is 4.79 Å². The maximum absolute atomic E-state index is 11.8. The number of ether oxygens (including phenoxy) is 1. The molecule has 5 heteroatoms. The summed E-state index contributed by atoms with van der Waals surface area (Å²) in [6, 6.07) is 2.33. The Labute approximate surface area is 134 Å². The van der Waals surface area contributed by atoms with Gasteiger partial charge in [-0.2, -0.15) is 0 Å². The van der Waals surface area contributed by atoms with Crippen molar-refractivity contribution in [3.05, 3.63) is 0 Å². The fourth-order valence-corrected chi connectivity index (χ4v) is 3.77. The van der Waals surface area contributed by atoms with E-state index in [0.29, 0.717) is 12.1 Å². The van der Waals surface area contributed by atoms with E-state index in [1.807, 2.05) is 20.8 Å². The van der Waals surface area contributed by atoms with Crippen LogP contribution in [-0.4, -0.2) is 53.9 Å². The molecule has 126 valence electrons. The van der Waals surface area contributed by atoms with Crippen LogP contribution in [0, 0.1) is 0 Å². The summed E-state index contributed by atoms with van der Waals surface area (Å²) in [4.78, 5) is 14.5. The Morgan fingerprint density at radius 3 is 2.45 bits per heavy atom. The van der Waals surface area contributed by atoms with Crippen LogP contribution in [0.25, 0.3) is 0 Å². The standard InChI is InChI=1S/C17H31N3O2/c1-17(2,3)22-16(21)19-13-5-4-12(10-13)18-14-8-9-20(11-14)15-6-7-15/h12-15,18H,4-11H2,1-3H3,(H,19,21). The summed E-state index contributed by atoms with van der Waals surface area (Å²) in [7, 11) is 0. The molecule has 1 saturated heterocycles. The molecule has 3 atom stereocenters. The van der Waals surface area contributed by atoms with Crippen molar-refractivity contribution in [3.63, 3.8) is 0 Å². The summed E-state index contributed by atoms with van der Waals surface area (Å²) in [6.45, 7) is 8.17. The number of nitrogens with zero attached hydrogens (tertiary/aromatic N) is 1. The Hall–Kier alpha value is -0.810. The SMILES string of the molecule is CC(C)(C)OC(=O)NC1CCC(NC2CCN(C3CC3)C2)C1. The second kappa shape index (κ2) is 6.36. The van der Waals surface area contributed by atoms with Crippen molar-refractivity contribution in [2.24, 2.45) is 0 Å². The van der Waals surface area contributed by atoms with Gasteiger partial charge in [-0.05, 0) is 59.3 Å². The lowest BCUT2D eigenvalue weighted by Gasteiger charge is -2.22. The van der Waals surface area contributed by atoms with Crippen molar-refractivity contribution in [1.29, 1.82) is 0 Å². The molecule has 2 N–H and O–H groups in total. The first-order chi connectivity index (χ1) is 10.4. The Morgan fingerprint density at radius 2 is 1.77 bits per heavy atom. The van der Waals surface area contributed by atoms with Gasteiger partial charge in [0.15, 0.2) is 0 Å². The monoisotopic (exact) mass is 309 g/mol. The molecule has 0 aromatic heterocycles. The number of nitrogens with one attached hydrogen (secondary N) is 2. The predicted molar refractivity (Wildman–Crippen MR) is 86.9 cm³/mol. The van der Waals surface area contributed by atoms with Crippen LogP contribution in [0.5, 0.6) is 0 Å². The lowest BCUT2D eigenvalue weighted by molar-refractivity contribution is 0.0505. The van der Waals surface area contributed by atoms with E-state index in [1.54, 1.807) is 0 Å². The van der Waals surface area contributed by atoms with E-state index in [-0.39, 0.29) is 12.1 Å². The highest BCUT2D eigenvalue weighted by atomic mass is 16.6. The first-order valence-corrected chi connectivity index (χ1v) is 8.89. The smallest absolute Gasteiger partial charge is 0.407 e. The lowest BCUT2D eigenvalue weighted by atomic mass is 10.2. The van der Waals surface area contributed by atoms with Crippen LogP contribution in [0.15, 0.2) is 0 Å². The van der Waals surface area contributed by atoms with Crippen LogP contribution in [0.1, 0.15) is 59.3 Å². The largest absolute Gasteiger partial charge is 0.444 e. The van der Waals surface area contributed by atoms with Gasteiger partial charge in [-0.3, -0.25) is 4.90 Å². The fourth-order valence-electron chi connectivity index (χ4n) is 3.77. The zero-order valence-electron chi connectivity index (χ0n) is 14.2. The zero-order valence-corrected chi connectivity index (χ0v) is 14.2. The van der Waals surface area contributed by atoms with Crippen LogP contribution in [0.4, 0.5) is 4.79 Å². The topological polar surface area (TPSA) is 53.6 Å². The van der Waals surface area contributed by atoms with Crippen molar-refractivity contribution in [1.82, 2.24) is 15.5 Å². The average molecular weight is 309 g/mol. The molecule has 2 aliphatic carbocycles. The molecule has 3 fully saturated rings. The van der Waals surface area contributed by atoms with E-state index in [1.165, 1.54) is 32.4 Å². The van der Waals surface area contributed by atoms with Crippen molar-refractivity contribution >= 4 is 6.09 Å². The van der Waals surface area contributed by atoms with E-state index in [9.17, 15) is 4.79 Å². The molecule has 0 spiro atoms. The third kappa shape index (κ3) is 4.59. The first-order valence-electron chi connectivity index (χ1n) is 8.89. The molecule has 3 rings (SSSR count). The summed E-state index contributed by atoms with van der Waals surface area (Å²) in [5.41, 5.74) is -0.420. The highest BCUT2D eigenvalue weighted by Gasteiger charge is 2.36. The normalized spacial score (nSPS) is 33.1. The Bertz CT molecular complexity index is 403. The molecule has 1 heterocycles. The minimum absolute atomic E-state index is 0.258. The minimum Gasteiger partial charge on any atom is -0.444 e. The maximum atomic E-state index is 11.8. The third-order valence-corrected chi connectivity index (χ3v) is 4.91. The van der Waals surface area contributed by atoms with Crippen LogP contribution < -0.4 is 10.6 Å². The molecule has 3 aliphatic rings. The van der Waals surface area contributed by atoms with Crippen molar-refractivity contribution < 1.29 is 9.53 Å². The minimum atomic E-state index is -0.420. The summed E-state index contributed by atoms with van der Waals surface area (Å²) in [5, 5.41) is 6.82. The second-order valence-corrected chi connectivity index (χ2v) is 8.23. The summed E-state index contributed by atoms with van der Waals surface area (Å²) < 4.78 is 5.34. The highest BCUT2D eigenvalue weighted by molar-refractivity contribution is 5.68. The predicted octanol–water partition coefficient (Wildman–Crippen LogP) is 2.26. The Balaban J connectivity index is 1.36. The van der Waals surface area contributed by atoms with Gasteiger partial charge in [0.2, 0.25) is 0 Å². The van der Waals surface area contributed by atoms with Crippen LogP contribution in [0.3, 0.4) is 0 Å². The van der Waals surface area contributed by atoms with Crippen molar-refractivity contribution in [2.45, 2.75) is 89.1 Å². The van der Waals surface area contributed by atoms with Gasteiger partial charge in [0.05, 0.1) is 0 Å². The van der Waals surface area contributed by atoms with Gasteiger partial charge in [0, 0.05) is 37.3 Å². The number of alkyl carbamates (subject to hydrolysis) is 1. The third-order valence-electron chi connectivity index (χ3n) is 4.91. The van der Waals surface area contributed by atoms with Gasteiger partial charge >= 0.3 is 6.09 Å². The van der Waals surface area contributed by atoms with Crippen LogP contribution in [0.2, 0.25) is 0 Å². The van der Waals surface area contributed by atoms with Gasteiger partial charge in [-0.15, -0.1) is 0 Å². The number of likely N-dealkylation sites (tertiary alicyclic amines) is 1. The number of rotatable bonds is 4. The molecular formula is C17H31N3O2. The van der Waals surface area contributed by atoms with Gasteiger partial charge < -0.3 is 15.4 Å². The number of hydrogen-bond acceptors (Lipinski definition) is 4. The highest BCUT2D eigenvalue weighted by Crippen LogP contribution is 2.30. The average Bonchev–Trinajstić information content (AvgIpc) is 2.99. The molecule has 0 radical (unpaired) electrons. The molecule has 0 bridgehead atoms. The Morgan fingerprint density at radius 1 is 1.05 bits per heavy atom. The Kier molecular flexibility index (Phi) is 4.64. The number of carbonyl (C=O) groups excluding carboxylic acids is 1. The summed E-state index contributed by atoms with van der Waals surface area (Å²) >= 11 is 0. The van der Waals surface area contributed by atoms with Crippen molar-refractivity contribution in [2.75, 3.05) is 13.1 Å². The van der Waals surface area contributed by atoms with Crippen molar-refractivity contribution in [3.8, 4) is 0 Å². The molecule has 0 aromatic carbocycles. The van der Waals surface area contributed by atoms with E-state index < -0.39 is 5.60 Å². The van der Waals surface area contributed by atoms with Gasteiger partial charge in [0.1, 0.15) is 5.60 Å². The number of hydrogen-bond donors (Lipinski definition) is 2. The summed E-state index contributed by atoms with van der Waals surface area (Å²) in [5.74, 6) is 0. The molecule has 5 nitrogen and oxygen atoms in total. The molecule has 0 aromatic rings. The first kappa shape index (κ1) is 16.1. The molecule has 3 unspecified atom stereocenters. The van der Waals surface area contributed by atoms with E-state index in [0.717, 1.165) is 25.3 Å². The second-order valence-electron chi connectivity index (χ2n) is 8.23. The van der Waals surface area contributed by atoms with E-state index in [4.69, 9.17) is 4.74 Å². The lowest BCUT2D eigenvalue weighted by Crippen LogP contribution is -2.41. The van der Waals surface area contributed by atoms with Gasteiger partial charge in [0.25, 0.3) is 0 Å². The molecule has 2 saturated carbocycles. The van der Waals surface area contributed by atoms with E-state index >= 15 is 0 Å². The number of carbonyl (C=O) groups is 1. The van der Waals surface area contributed by atoms with Gasteiger partial charge in [-0.1, -0.05) is 0 Å². The number of amides is 1. The van der Waals surface area contributed by atoms with Crippen LogP contribution in [-0.2, 0) is 4.74 Å². The summed E-state index contributed by atoms with van der Waals surface area (Å²) in [6.07, 6.45) is 7.03. The molecule has 22 heavy (non-hydrogen) atoms. The fraction of sp³-hybridized carbons (Fsp3) is 0.941. The van der Waals surface area contributed by atoms with E-state index in [2.05, 4.69) is 15.5 Å². The maximum Gasteiger partial charge on any atom is 0.407 e.